The molecular formula is C16H21NO4. The Morgan fingerprint density at radius 3 is 2.81 bits per heavy atom. The van der Waals surface area contributed by atoms with Gasteiger partial charge in [-0.1, -0.05) is 18.2 Å². The molecule has 1 aromatic rings. The third-order valence-corrected chi connectivity index (χ3v) is 3.67. The van der Waals surface area contributed by atoms with Gasteiger partial charge >= 0.3 is 5.97 Å². The van der Waals surface area contributed by atoms with Gasteiger partial charge in [0.2, 0.25) is 5.91 Å². The minimum absolute atomic E-state index is 0.0601. The lowest BCUT2D eigenvalue weighted by atomic mass is 10.1. The first-order valence-electron chi connectivity index (χ1n) is 7.25. The summed E-state index contributed by atoms with van der Waals surface area (Å²) >= 11 is 0. The maximum atomic E-state index is 12.5. The van der Waals surface area contributed by atoms with E-state index in [9.17, 15) is 9.59 Å². The lowest BCUT2D eigenvalue weighted by Crippen LogP contribution is -2.42. The van der Waals surface area contributed by atoms with Gasteiger partial charge in [0.1, 0.15) is 11.8 Å². The van der Waals surface area contributed by atoms with Gasteiger partial charge in [0.05, 0.1) is 20.1 Å². The second kappa shape index (κ2) is 7.11. The van der Waals surface area contributed by atoms with Crippen LogP contribution >= 0.6 is 0 Å². The molecule has 0 bridgehead atoms. The Bertz CT molecular complexity index is 515. The quantitative estimate of drug-likeness (QED) is 0.776. The number of carbonyl (C=O) groups excluding carboxylic acids is 2. The van der Waals surface area contributed by atoms with Crippen LogP contribution in [0.5, 0.6) is 5.75 Å². The molecule has 1 unspecified atom stereocenters. The first-order valence-corrected chi connectivity index (χ1v) is 7.25. The number of benzene rings is 1. The molecule has 1 heterocycles. The molecule has 1 aliphatic rings. The summed E-state index contributed by atoms with van der Waals surface area (Å²) < 4.78 is 10.3. The summed E-state index contributed by atoms with van der Waals surface area (Å²) in [6.45, 7) is 2.72. The van der Waals surface area contributed by atoms with Crippen molar-refractivity contribution in [3.63, 3.8) is 0 Å². The number of ether oxygens (including phenoxy) is 2. The molecule has 1 aliphatic heterocycles. The molecule has 0 saturated carbocycles. The highest BCUT2D eigenvalue weighted by Crippen LogP contribution is 2.23. The molecule has 1 fully saturated rings. The van der Waals surface area contributed by atoms with Gasteiger partial charge in [-0.3, -0.25) is 4.79 Å². The number of rotatable bonds is 5. The fraction of sp³-hybridized carbons (Fsp3) is 0.500. The van der Waals surface area contributed by atoms with Gasteiger partial charge in [-0.2, -0.15) is 0 Å². The Labute approximate surface area is 124 Å². The van der Waals surface area contributed by atoms with Crippen molar-refractivity contribution in [2.75, 3.05) is 20.3 Å². The van der Waals surface area contributed by atoms with E-state index < -0.39 is 6.04 Å². The third-order valence-electron chi connectivity index (χ3n) is 3.67. The van der Waals surface area contributed by atoms with Crippen molar-refractivity contribution in [1.29, 1.82) is 0 Å². The van der Waals surface area contributed by atoms with Crippen LogP contribution in [0.4, 0.5) is 0 Å². The van der Waals surface area contributed by atoms with Crippen molar-refractivity contribution in [1.82, 2.24) is 4.90 Å². The summed E-state index contributed by atoms with van der Waals surface area (Å²) in [6.07, 6.45) is 1.75. The summed E-state index contributed by atoms with van der Waals surface area (Å²) in [5, 5.41) is 0. The number of likely N-dealkylation sites (tertiary alicyclic amines) is 1. The van der Waals surface area contributed by atoms with Crippen LogP contribution in [0.2, 0.25) is 0 Å². The van der Waals surface area contributed by atoms with E-state index in [1.54, 1.807) is 18.9 Å². The van der Waals surface area contributed by atoms with Gasteiger partial charge in [0.15, 0.2) is 0 Å². The van der Waals surface area contributed by atoms with E-state index in [0.29, 0.717) is 25.3 Å². The smallest absolute Gasteiger partial charge is 0.328 e. The largest absolute Gasteiger partial charge is 0.496 e. The van der Waals surface area contributed by atoms with Crippen molar-refractivity contribution >= 4 is 11.9 Å². The maximum absolute atomic E-state index is 12.5. The Hall–Kier alpha value is -2.04. The highest BCUT2D eigenvalue weighted by molar-refractivity contribution is 5.86. The number of carbonyl (C=O) groups is 2. The van der Waals surface area contributed by atoms with Crippen LogP contribution in [0, 0.1) is 0 Å². The topological polar surface area (TPSA) is 55.8 Å². The molecule has 1 saturated heterocycles. The summed E-state index contributed by atoms with van der Waals surface area (Å²) in [5.41, 5.74) is 0.833. The van der Waals surface area contributed by atoms with Gasteiger partial charge in [0, 0.05) is 12.1 Å². The first kappa shape index (κ1) is 15.4. The summed E-state index contributed by atoms with van der Waals surface area (Å²) in [4.78, 5) is 26.0. The highest BCUT2D eigenvalue weighted by Gasteiger charge is 2.35. The maximum Gasteiger partial charge on any atom is 0.328 e. The molecule has 5 heteroatoms. The molecule has 114 valence electrons. The molecule has 0 N–H and O–H groups in total. The van der Waals surface area contributed by atoms with Crippen molar-refractivity contribution in [3.8, 4) is 5.75 Å². The van der Waals surface area contributed by atoms with Crippen LogP contribution in [-0.4, -0.2) is 43.1 Å². The SMILES string of the molecule is CCOC(=O)C1CCCN1C(=O)Cc1ccccc1OC. The second-order valence-corrected chi connectivity index (χ2v) is 4.99. The van der Waals surface area contributed by atoms with Crippen molar-refractivity contribution in [2.24, 2.45) is 0 Å². The number of para-hydroxylation sites is 1. The Kier molecular flexibility index (Phi) is 5.20. The molecule has 1 amide bonds. The summed E-state index contributed by atoms with van der Waals surface area (Å²) in [7, 11) is 1.58. The zero-order valence-corrected chi connectivity index (χ0v) is 12.5. The zero-order valence-electron chi connectivity index (χ0n) is 12.5. The molecule has 2 rings (SSSR count). The van der Waals surface area contributed by atoms with Gasteiger partial charge in [-0.15, -0.1) is 0 Å². The molecule has 1 atom stereocenters. The molecular weight excluding hydrogens is 270 g/mol. The number of nitrogens with zero attached hydrogens (tertiary/aromatic N) is 1. The average Bonchev–Trinajstić information content (AvgIpc) is 2.97. The van der Waals surface area contributed by atoms with E-state index in [2.05, 4.69) is 0 Å². The van der Waals surface area contributed by atoms with Crippen LogP contribution < -0.4 is 4.74 Å². The summed E-state index contributed by atoms with van der Waals surface area (Å²) in [6, 6.07) is 7.00. The summed E-state index contributed by atoms with van der Waals surface area (Å²) in [5.74, 6) is 0.330. The average molecular weight is 291 g/mol. The van der Waals surface area contributed by atoms with Crippen LogP contribution in [0.15, 0.2) is 24.3 Å². The van der Waals surface area contributed by atoms with E-state index >= 15 is 0 Å². The predicted octanol–water partition coefficient (Wildman–Crippen LogP) is 1.79. The monoisotopic (exact) mass is 291 g/mol. The van der Waals surface area contributed by atoms with E-state index in [1.165, 1.54) is 0 Å². The van der Waals surface area contributed by atoms with E-state index in [-0.39, 0.29) is 18.3 Å². The predicted molar refractivity (Wildman–Crippen MR) is 78.1 cm³/mol. The second-order valence-electron chi connectivity index (χ2n) is 4.99. The molecule has 21 heavy (non-hydrogen) atoms. The molecule has 0 aromatic heterocycles. The van der Waals surface area contributed by atoms with Gasteiger partial charge < -0.3 is 14.4 Å². The van der Waals surface area contributed by atoms with Crippen molar-refractivity contribution < 1.29 is 19.1 Å². The fourth-order valence-electron chi connectivity index (χ4n) is 2.66. The normalized spacial score (nSPS) is 17.6. The Morgan fingerprint density at radius 1 is 1.33 bits per heavy atom. The van der Waals surface area contributed by atoms with Crippen LogP contribution in [-0.2, 0) is 20.7 Å². The van der Waals surface area contributed by atoms with E-state index in [0.717, 1.165) is 12.0 Å². The van der Waals surface area contributed by atoms with Gasteiger partial charge in [-0.25, -0.2) is 4.79 Å². The van der Waals surface area contributed by atoms with Crippen LogP contribution in [0.1, 0.15) is 25.3 Å². The van der Waals surface area contributed by atoms with Crippen LogP contribution in [0.3, 0.4) is 0 Å². The highest BCUT2D eigenvalue weighted by atomic mass is 16.5. The molecule has 5 nitrogen and oxygen atoms in total. The van der Waals surface area contributed by atoms with Crippen LogP contribution in [0.25, 0.3) is 0 Å². The van der Waals surface area contributed by atoms with E-state index in [4.69, 9.17) is 9.47 Å². The number of methoxy groups -OCH3 is 1. The van der Waals surface area contributed by atoms with Crippen molar-refractivity contribution in [2.45, 2.75) is 32.2 Å². The van der Waals surface area contributed by atoms with Gasteiger partial charge in [-0.05, 0) is 25.8 Å². The number of amides is 1. The minimum atomic E-state index is -0.438. The molecule has 0 aliphatic carbocycles. The third kappa shape index (κ3) is 3.54. The lowest BCUT2D eigenvalue weighted by molar-refractivity contribution is -0.152. The Morgan fingerprint density at radius 2 is 2.10 bits per heavy atom. The number of hydrogen-bond donors (Lipinski definition) is 0. The molecule has 0 radical (unpaired) electrons. The number of hydrogen-bond acceptors (Lipinski definition) is 4. The van der Waals surface area contributed by atoms with E-state index in [1.807, 2.05) is 24.3 Å². The lowest BCUT2D eigenvalue weighted by Gasteiger charge is -2.23. The zero-order chi connectivity index (χ0) is 15.2. The molecule has 1 aromatic carbocycles. The standard InChI is InChI=1S/C16H21NO4/c1-3-21-16(19)13-8-6-10-17(13)15(18)11-12-7-4-5-9-14(12)20-2/h4-5,7,9,13H,3,6,8,10-11H2,1-2H3. The molecule has 0 spiro atoms. The van der Waals surface area contributed by atoms with Crippen molar-refractivity contribution in [3.05, 3.63) is 29.8 Å². The minimum Gasteiger partial charge on any atom is -0.496 e. The first-order chi connectivity index (χ1) is 10.2. The Balaban J connectivity index is 2.07. The fourth-order valence-corrected chi connectivity index (χ4v) is 2.66. The van der Waals surface area contributed by atoms with Gasteiger partial charge in [0.25, 0.3) is 0 Å². The number of esters is 1.